The van der Waals surface area contributed by atoms with Crippen LogP contribution in [0.15, 0.2) is 147 Å². The molecule has 5 amide bonds. The molecule has 0 bridgehead atoms. The summed E-state index contributed by atoms with van der Waals surface area (Å²) in [6.07, 6.45) is 11.0. The van der Waals surface area contributed by atoms with Crippen molar-refractivity contribution >= 4 is 230 Å². The molecular formula is C82H160ClN5O19SSi12. The van der Waals surface area contributed by atoms with E-state index in [9.17, 15) is 76.7 Å². The van der Waals surface area contributed by atoms with Crippen molar-refractivity contribution in [1.82, 2.24) is 26.2 Å². The summed E-state index contributed by atoms with van der Waals surface area (Å²) in [5, 5.41) is 11.9. The number of likely N-dealkylation sites (N-methyl/N-ethyl adjacent to an activating group) is 1. The van der Waals surface area contributed by atoms with Crippen molar-refractivity contribution in [3.8, 4) is 0 Å². The normalized spacial score (nSPS) is 10.2. The average Bonchev–Trinajstić information content (AvgIpc) is 0.888. The van der Waals surface area contributed by atoms with Crippen LogP contribution in [0.2, 0.25) is 115 Å². The van der Waals surface area contributed by atoms with Crippen LogP contribution in [0.25, 0.3) is 0 Å². The zero-order valence-corrected chi connectivity index (χ0v) is 96.4. The van der Waals surface area contributed by atoms with Crippen molar-refractivity contribution < 1.29 is 90.9 Å². The zero-order valence-electron chi connectivity index (χ0n) is 77.8. The summed E-state index contributed by atoms with van der Waals surface area (Å²) in [6.45, 7) is 80.1. The second-order valence-electron chi connectivity index (χ2n) is 26.4. The monoisotopic (exact) mass is 1920 g/mol. The van der Waals surface area contributed by atoms with Crippen LogP contribution in [0, 0.1) is 0 Å². The highest BCUT2D eigenvalue weighted by Crippen LogP contribution is 2.06. The molecule has 0 atom stereocenters. The SMILES string of the molecule is C=C(C)C(=O)CC(=O)C[SiH2]C.C=C(C)C(=O)CCNC(=O)NC[SiH2]C.C=C(C)C(=O)CCOC(=O)NC[SiH2]C.C=C(C)C(=O)CCOC[SiH2]C.C=C(C)C(=O)C[SiH2]C.C=C(C)C(=O)C[SiH2]C.C=C(C)C(=O)NC[SiH2]C.C=C(Cl)C(=O)CC[SiH2]C.C=CC(=O)C[SiH2]C.C=CC(=O)C[SiH2]C.C=CC(=O)N(C)C[SiH2]C.C=CC(=O)OCCC(=O)SC[SiH2]C. The average molecular weight is 1920 g/mol. The van der Waals surface area contributed by atoms with Crippen molar-refractivity contribution in [3.63, 3.8) is 0 Å². The second-order valence-corrected chi connectivity index (χ2v) is 46.8. The van der Waals surface area contributed by atoms with Crippen LogP contribution in [0.4, 0.5) is 9.59 Å². The van der Waals surface area contributed by atoms with Crippen molar-refractivity contribution in [3.05, 3.63) is 147 Å². The van der Waals surface area contributed by atoms with Gasteiger partial charge in [0, 0.05) is 196 Å². The van der Waals surface area contributed by atoms with E-state index in [1.807, 2.05) is 0 Å². The first-order valence-corrected chi connectivity index (χ1v) is 71.6. The van der Waals surface area contributed by atoms with Gasteiger partial charge in [0.2, 0.25) is 11.8 Å². The topological polar surface area (TPSA) is 352 Å². The zero-order chi connectivity index (χ0) is 96.0. The smallest absolute Gasteiger partial charge is 0.406 e. The number of rotatable bonds is 51. The van der Waals surface area contributed by atoms with Gasteiger partial charge in [-0.2, -0.15) is 0 Å². The molecule has 0 heterocycles. The molecule has 0 aliphatic heterocycles. The highest BCUT2D eigenvalue weighted by molar-refractivity contribution is 8.14. The van der Waals surface area contributed by atoms with E-state index in [1.165, 1.54) is 30.0 Å². The van der Waals surface area contributed by atoms with Crippen LogP contribution >= 0.6 is 23.4 Å². The number of carbonyl (C=O) groups excluding carboxylic acids is 16. The number of thioether (sulfide) groups is 1. The van der Waals surface area contributed by atoms with Gasteiger partial charge in [-0.3, -0.25) is 62.3 Å². The Morgan fingerprint density at radius 2 is 0.800 bits per heavy atom. The van der Waals surface area contributed by atoms with Crippen molar-refractivity contribution in [2.45, 2.75) is 202 Å². The summed E-state index contributed by atoms with van der Waals surface area (Å²) in [5.74, 6) is 0.467. The molecule has 688 valence electrons. The summed E-state index contributed by atoms with van der Waals surface area (Å²) >= 11 is 6.68. The maximum absolute atomic E-state index is 11.1. The van der Waals surface area contributed by atoms with E-state index in [-0.39, 0.29) is 226 Å². The molecule has 0 spiro atoms. The van der Waals surface area contributed by atoms with Crippen molar-refractivity contribution in [2.75, 3.05) is 69.7 Å². The Hall–Kier alpha value is -6.60. The Morgan fingerprint density at radius 3 is 1.13 bits per heavy atom. The van der Waals surface area contributed by atoms with Crippen molar-refractivity contribution in [1.29, 1.82) is 0 Å². The van der Waals surface area contributed by atoms with Crippen molar-refractivity contribution in [2.24, 2.45) is 0 Å². The standard InChI is InChI=1S/C9H18N2O2Si.C9H17NO3Si.C8H14O3SSi.C8H14O2Si.C8H16O2Si.C6H11ClOSi.2C6H13NOSi.2C6H12OSi.2C5H10OSi/c1-7(2)8(12)4-5-10-9(13)11-6-14-3;1-7(2)8(11)4-5-13-9(12)10-6-14-3;1-3-7(9)11-5-4-8(10)12-6-13-2;1-6(2)8(10)4-7(9)5-11-3;1-7(2)8(9)4-5-10-6-11-3;1-5(7)6(8)3-4-9-2;1-5(2)6(8)7-4-9-3;1-4-6(8)7(2)5-9-3;2*1-5(2)6(7)4-8-3;2*1-3-5(6)4-7-2/h1,4-6,14H2,2-3H3,(H2,10,11,13);1,4-6,14H2,2-3H3,(H,10,12);3H,1,4-6,13H2,2H3;1,4-5,11H2,2-3H3;1,4-6,11H2,2-3H3;1,3-4,9H2,2H3;1,4,9H2,2-3H3,(H,7,8);4H,1,5,9H2,2-3H3;2*1,4,8H2,2-3H3;2*3H,1,4,7H2,2H3. The number of esters is 1. The minimum atomic E-state index is -0.470. The summed E-state index contributed by atoms with van der Waals surface area (Å²) in [5.41, 5.74) is 4.15. The number of nitrogens with zero attached hydrogens (tertiary/aromatic N) is 1. The molecule has 0 aromatic rings. The van der Waals surface area contributed by atoms with E-state index in [0.29, 0.717) is 83.9 Å². The first-order chi connectivity index (χ1) is 56.2. The third-order valence-corrected chi connectivity index (χ3v) is 26.8. The van der Waals surface area contributed by atoms with E-state index < -0.39 is 12.1 Å². The summed E-state index contributed by atoms with van der Waals surface area (Å²) < 4.78 is 14.6. The first-order valence-electron chi connectivity index (χ1n) is 41.3. The molecule has 0 aromatic heterocycles. The second kappa shape index (κ2) is 107. The molecular weight excluding hydrogens is 1760 g/mol. The van der Waals surface area contributed by atoms with E-state index in [2.05, 4.69) is 184 Å². The number of alkyl carbamates (subject to hydrolysis) is 1. The maximum atomic E-state index is 11.1. The Balaban J connectivity index is -0.000000107. The molecule has 0 aromatic carbocycles. The van der Waals surface area contributed by atoms with Crippen LogP contribution < -0.4 is 21.3 Å². The Labute approximate surface area is 760 Å². The molecule has 0 saturated carbocycles. The highest BCUT2D eigenvalue weighted by Gasteiger charge is 2.11. The number of allylic oxidation sites excluding steroid dienone is 9. The molecule has 0 radical (unpaired) electrons. The van der Waals surface area contributed by atoms with Gasteiger partial charge in [0.15, 0.2) is 57.2 Å². The Bertz CT molecular complexity index is 3010. The Kier molecular flexibility index (Phi) is 124. The molecule has 0 aliphatic carbocycles. The van der Waals surface area contributed by atoms with Gasteiger partial charge in [-0.15, -0.1) is 0 Å². The number of nitrogens with one attached hydrogen (secondary N) is 4. The van der Waals surface area contributed by atoms with Gasteiger partial charge in [-0.1, -0.05) is 187 Å². The molecule has 24 nitrogen and oxygen atoms in total. The van der Waals surface area contributed by atoms with Gasteiger partial charge in [0.05, 0.1) is 31.1 Å². The van der Waals surface area contributed by atoms with E-state index >= 15 is 0 Å². The predicted molar refractivity (Wildman–Crippen MR) is 550 cm³/mol. The lowest BCUT2D eigenvalue weighted by molar-refractivity contribution is -0.138. The third kappa shape index (κ3) is 127. The number of urea groups is 1. The lowest BCUT2D eigenvalue weighted by Gasteiger charge is -2.12. The van der Waals surface area contributed by atoms with E-state index in [4.69, 9.17) is 21.1 Å². The van der Waals surface area contributed by atoms with Gasteiger partial charge in [0.1, 0.15) is 12.4 Å². The highest BCUT2D eigenvalue weighted by atomic mass is 35.5. The minimum absolute atomic E-state index is 0.00448. The minimum Gasteiger partial charge on any atom is -0.462 e. The molecule has 0 fully saturated rings. The lowest BCUT2D eigenvalue weighted by Crippen LogP contribution is -2.38. The molecule has 4 N–H and O–H groups in total. The predicted octanol–water partition coefficient (Wildman–Crippen LogP) is 5.67. The fourth-order valence-electron chi connectivity index (χ4n) is 6.48. The molecule has 0 rings (SSSR count). The number of Topliss-reactive ketones (excluding diaryl/α,β-unsaturated/α-hetero) is 8. The van der Waals surface area contributed by atoms with Gasteiger partial charge < -0.3 is 40.4 Å². The molecule has 0 unspecified atom stereocenters. The fraction of sp³-hybridized carbons (Fsp3) is 0.512. The molecule has 120 heavy (non-hydrogen) atoms. The third-order valence-electron chi connectivity index (χ3n) is 13.5. The molecule has 0 aliphatic rings. The summed E-state index contributed by atoms with van der Waals surface area (Å²) in [7, 11) is 0.859. The summed E-state index contributed by atoms with van der Waals surface area (Å²) in [4.78, 5) is 174. The Morgan fingerprint density at radius 1 is 0.392 bits per heavy atom. The maximum Gasteiger partial charge on any atom is 0.406 e. The van der Waals surface area contributed by atoms with Gasteiger partial charge in [-0.25, -0.2) is 14.4 Å². The lowest BCUT2D eigenvalue weighted by atomic mass is 10.1. The van der Waals surface area contributed by atoms with Crippen LogP contribution in [-0.2, 0) is 81.3 Å². The number of amides is 5. The molecule has 38 heteroatoms. The van der Waals surface area contributed by atoms with E-state index in [0.717, 1.165) is 72.6 Å². The fourth-order valence-corrected chi connectivity index (χ4v) is 15.9. The van der Waals surface area contributed by atoms with Crippen LogP contribution in [-0.4, -0.2) is 282 Å². The van der Waals surface area contributed by atoms with Gasteiger partial charge >= 0.3 is 18.1 Å². The first kappa shape index (κ1) is 139. The van der Waals surface area contributed by atoms with Crippen LogP contribution in [0.5, 0.6) is 0 Å². The number of carbonyl (C=O) groups is 16. The van der Waals surface area contributed by atoms with Gasteiger partial charge in [0.25, 0.3) is 0 Å². The van der Waals surface area contributed by atoms with Gasteiger partial charge in [-0.05, 0) is 136 Å². The number of halogens is 1. The van der Waals surface area contributed by atoms with E-state index in [1.54, 1.807) is 60.4 Å². The largest absolute Gasteiger partial charge is 0.462 e. The molecule has 0 saturated heterocycles. The van der Waals surface area contributed by atoms with Crippen LogP contribution in [0.3, 0.4) is 0 Å². The summed E-state index contributed by atoms with van der Waals surface area (Å²) in [6, 6.07) is 4.63. The number of ether oxygens (including phenoxy) is 3. The number of hydrogen-bond acceptors (Lipinski definition) is 20. The quantitative estimate of drug-likeness (QED) is 0.0187. The van der Waals surface area contributed by atoms with Crippen LogP contribution in [0.1, 0.15) is 87.0 Å². The number of ketones is 10. The number of hydrogen-bond donors (Lipinski definition) is 4.